The molecule has 0 aliphatic carbocycles. The number of rotatable bonds is 9. The van der Waals surface area contributed by atoms with E-state index in [1.807, 2.05) is 39.0 Å². The Hall–Kier alpha value is -1.92. The molecule has 0 radical (unpaired) electrons. The number of nitrogens with zero attached hydrogens (tertiary/aromatic N) is 2. The molecule has 162 valence electrons. The van der Waals surface area contributed by atoms with Crippen LogP contribution in [0.25, 0.3) is 0 Å². The van der Waals surface area contributed by atoms with Crippen LogP contribution in [0, 0.1) is 0 Å². The normalized spacial score (nSPS) is 16.9. The van der Waals surface area contributed by atoms with Gasteiger partial charge in [-0.2, -0.15) is 0 Å². The molecule has 1 amide bonds. The summed E-state index contributed by atoms with van der Waals surface area (Å²) in [7, 11) is 0. The molecule has 6 nitrogen and oxygen atoms in total. The quantitative estimate of drug-likeness (QED) is 0.585. The van der Waals surface area contributed by atoms with Gasteiger partial charge in [-0.05, 0) is 52.1 Å². The second-order valence-electron chi connectivity index (χ2n) is 8.61. The molecule has 2 rings (SSSR count). The number of benzene rings is 1. The third-order valence-corrected chi connectivity index (χ3v) is 4.94. The van der Waals surface area contributed by atoms with Crippen LogP contribution in [-0.2, 0) is 20.9 Å². The van der Waals surface area contributed by atoms with E-state index >= 15 is 0 Å². The van der Waals surface area contributed by atoms with Gasteiger partial charge in [-0.25, -0.2) is 4.79 Å². The molecule has 29 heavy (non-hydrogen) atoms. The number of ether oxygens (including phenoxy) is 2. The minimum Gasteiger partial charge on any atom is -0.444 e. The van der Waals surface area contributed by atoms with Crippen LogP contribution in [0.5, 0.6) is 0 Å². The summed E-state index contributed by atoms with van der Waals surface area (Å²) < 4.78 is 11.6. The first kappa shape index (κ1) is 23.4. The number of aldehydes is 1. The number of carbonyl (C=O) groups excluding carboxylic acids is 2. The van der Waals surface area contributed by atoms with Crippen molar-refractivity contribution < 1.29 is 19.1 Å². The molecule has 0 aromatic heterocycles. The minimum atomic E-state index is -0.467. The van der Waals surface area contributed by atoms with Crippen LogP contribution in [-0.4, -0.2) is 66.6 Å². The maximum Gasteiger partial charge on any atom is 0.410 e. The van der Waals surface area contributed by atoms with Crippen LogP contribution < -0.4 is 0 Å². The number of hydrogen-bond acceptors (Lipinski definition) is 5. The van der Waals surface area contributed by atoms with Crippen LogP contribution >= 0.6 is 0 Å². The van der Waals surface area contributed by atoms with E-state index in [4.69, 9.17) is 9.47 Å². The monoisotopic (exact) mass is 404 g/mol. The lowest BCUT2D eigenvalue weighted by Gasteiger charge is -2.27. The van der Waals surface area contributed by atoms with Crippen molar-refractivity contribution in [3.8, 4) is 0 Å². The Kier molecular flexibility index (Phi) is 9.61. The van der Waals surface area contributed by atoms with Crippen molar-refractivity contribution in [2.24, 2.45) is 0 Å². The molecule has 0 bridgehead atoms. The molecule has 1 saturated heterocycles. The third-order valence-electron chi connectivity index (χ3n) is 4.94. The van der Waals surface area contributed by atoms with Gasteiger partial charge < -0.3 is 24.1 Å². The Balaban J connectivity index is 1.79. The average Bonchev–Trinajstić information content (AvgIpc) is 2.93. The highest BCUT2D eigenvalue weighted by Gasteiger charge is 2.24. The highest BCUT2D eigenvalue weighted by molar-refractivity contribution is 5.68. The van der Waals surface area contributed by atoms with Crippen molar-refractivity contribution in [2.45, 2.75) is 64.8 Å². The number of amides is 1. The molecule has 0 spiro atoms. The molecular formula is C23H36N2O4. The average molecular weight is 405 g/mol. The summed E-state index contributed by atoms with van der Waals surface area (Å²) in [5, 5.41) is 0. The fourth-order valence-electron chi connectivity index (χ4n) is 3.38. The first-order chi connectivity index (χ1) is 13.9. The van der Waals surface area contributed by atoms with Crippen molar-refractivity contribution >= 4 is 12.4 Å². The van der Waals surface area contributed by atoms with Crippen LogP contribution in [0.4, 0.5) is 4.79 Å². The predicted octanol–water partition coefficient (Wildman–Crippen LogP) is 3.88. The molecule has 1 atom stereocenters. The summed E-state index contributed by atoms with van der Waals surface area (Å²) in [4.78, 5) is 27.3. The van der Waals surface area contributed by atoms with Crippen molar-refractivity contribution in [3.05, 3.63) is 35.9 Å². The fraction of sp³-hybridized carbons (Fsp3) is 0.652. The smallest absolute Gasteiger partial charge is 0.410 e. The Morgan fingerprint density at radius 1 is 1.10 bits per heavy atom. The van der Waals surface area contributed by atoms with E-state index in [1.54, 1.807) is 4.90 Å². The summed E-state index contributed by atoms with van der Waals surface area (Å²) in [5.41, 5.74) is 0.678. The Morgan fingerprint density at radius 3 is 2.55 bits per heavy atom. The predicted molar refractivity (Wildman–Crippen MR) is 114 cm³/mol. The zero-order chi connectivity index (χ0) is 21.1. The van der Waals surface area contributed by atoms with Gasteiger partial charge in [0.05, 0.1) is 12.7 Å². The van der Waals surface area contributed by atoms with Crippen LogP contribution in [0.2, 0.25) is 0 Å². The van der Waals surface area contributed by atoms with Gasteiger partial charge in [0.2, 0.25) is 0 Å². The summed E-state index contributed by atoms with van der Waals surface area (Å²) in [6.07, 6.45) is 3.87. The maximum atomic E-state index is 12.3. The molecule has 0 saturated carbocycles. The maximum absolute atomic E-state index is 12.3. The van der Waals surface area contributed by atoms with E-state index in [0.29, 0.717) is 19.6 Å². The highest BCUT2D eigenvalue weighted by Crippen LogP contribution is 2.15. The van der Waals surface area contributed by atoms with Crippen LogP contribution in [0.15, 0.2) is 30.3 Å². The number of hydrogen-bond donors (Lipinski definition) is 0. The topological polar surface area (TPSA) is 59.1 Å². The van der Waals surface area contributed by atoms with Crippen molar-refractivity contribution in [1.29, 1.82) is 0 Å². The van der Waals surface area contributed by atoms with Gasteiger partial charge in [0, 0.05) is 32.6 Å². The second-order valence-corrected chi connectivity index (χ2v) is 8.61. The molecule has 6 heteroatoms. The molecule has 1 aromatic carbocycles. The van der Waals surface area contributed by atoms with Gasteiger partial charge in [-0.15, -0.1) is 0 Å². The summed E-state index contributed by atoms with van der Waals surface area (Å²) >= 11 is 0. The second kappa shape index (κ2) is 11.9. The first-order valence-corrected chi connectivity index (χ1v) is 10.7. The largest absolute Gasteiger partial charge is 0.444 e. The lowest BCUT2D eigenvalue weighted by Crippen LogP contribution is -2.39. The summed E-state index contributed by atoms with van der Waals surface area (Å²) in [6, 6.07) is 10.1. The lowest BCUT2D eigenvalue weighted by molar-refractivity contribution is -0.108. The van der Waals surface area contributed by atoms with E-state index < -0.39 is 5.60 Å². The van der Waals surface area contributed by atoms with Gasteiger partial charge in [-0.3, -0.25) is 0 Å². The van der Waals surface area contributed by atoms with E-state index in [2.05, 4.69) is 17.0 Å². The Morgan fingerprint density at radius 2 is 1.86 bits per heavy atom. The van der Waals surface area contributed by atoms with Crippen molar-refractivity contribution in [1.82, 2.24) is 9.80 Å². The van der Waals surface area contributed by atoms with E-state index in [0.717, 1.165) is 57.3 Å². The number of carbonyl (C=O) groups is 2. The SMILES string of the molecule is CC(C)(C)OC(=O)N1CCCN(CC[C@@H](CCC=O)OCc2ccccc2)CC1. The van der Waals surface area contributed by atoms with Crippen molar-refractivity contribution in [3.63, 3.8) is 0 Å². The molecule has 0 N–H and O–H groups in total. The Labute approximate surface area is 175 Å². The molecule has 1 aliphatic heterocycles. The third kappa shape index (κ3) is 9.41. The van der Waals surface area contributed by atoms with Crippen LogP contribution in [0.3, 0.4) is 0 Å². The molecule has 0 unspecified atom stereocenters. The molecular weight excluding hydrogens is 368 g/mol. The van der Waals surface area contributed by atoms with Gasteiger partial charge >= 0.3 is 6.09 Å². The molecule has 1 aliphatic rings. The standard InChI is InChI=1S/C23H36N2O4/c1-23(2,3)29-22(27)25-14-8-13-24(16-17-25)15-12-21(11-7-18-26)28-19-20-9-5-4-6-10-20/h4-6,9-10,18,21H,7-8,11-17,19H2,1-3H3/t21-/m1/s1. The zero-order valence-corrected chi connectivity index (χ0v) is 18.1. The fourth-order valence-corrected chi connectivity index (χ4v) is 3.38. The lowest BCUT2D eigenvalue weighted by atomic mass is 10.1. The van der Waals surface area contributed by atoms with Crippen molar-refractivity contribution in [2.75, 3.05) is 32.7 Å². The van der Waals surface area contributed by atoms with E-state index in [1.165, 1.54) is 0 Å². The molecule has 1 heterocycles. The Bertz CT molecular complexity index is 615. The van der Waals surface area contributed by atoms with Gasteiger partial charge in [0.1, 0.15) is 11.9 Å². The zero-order valence-electron chi connectivity index (χ0n) is 18.1. The van der Waals surface area contributed by atoms with E-state index in [-0.39, 0.29) is 12.2 Å². The summed E-state index contributed by atoms with van der Waals surface area (Å²) in [6.45, 7) is 10.3. The molecule has 1 aromatic rings. The highest BCUT2D eigenvalue weighted by atomic mass is 16.6. The first-order valence-electron chi connectivity index (χ1n) is 10.7. The van der Waals surface area contributed by atoms with E-state index in [9.17, 15) is 9.59 Å². The minimum absolute atomic E-state index is 0.0608. The van der Waals surface area contributed by atoms with Gasteiger partial charge in [0.25, 0.3) is 0 Å². The van der Waals surface area contributed by atoms with Gasteiger partial charge in [0.15, 0.2) is 0 Å². The van der Waals surface area contributed by atoms with Gasteiger partial charge in [-0.1, -0.05) is 30.3 Å². The van der Waals surface area contributed by atoms with Crippen LogP contribution in [0.1, 0.15) is 52.0 Å². The molecule has 1 fully saturated rings. The summed E-state index contributed by atoms with van der Waals surface area (Å²) in [5.74, 6) is 0.